The molecule has 3 nitrogen and oxygen atoms in total. The highest BCUT2D eigenvalue weighted by Crippen LogP contribution is 2.29. The van der Waals surface area contributed by atoms with Gasteiger partial charge in [0.15, 0.2) is 17.7 Å². The molecule has 2 rings (SSSR count). The van der Waals surface area contributed by atoms with Crippen molar-refractivity contribution in [2.75, 3.05) is 0 Å². The molecule has 1 aromatic carbocycles. The average Bonchev–Trinajstić information content (AvgIpc) is 2.61. The summed E-state index contributed by atoms with van der Waals surface area (Å²) in [6, 6.07) is 9.48. The van der Waals surface area contributed by atoms with Crippen LogP contribution in [0.2, 0.25) is 0 Å². The van der Waals surface area contributed by atoms with E-state index in [0.29, 0.717) is 16.5 Å². The lowest BCUT2D eigenvalue weighted by Gasteiger charge is -1.93. The van der Waals surface area contributed by atoms with Crippen LogP contribution in [-0.4, -0.2) is 11.4 Å². The molecule has 1 heterocycles. The van der Waals surface area contributed by atoms with E-state index in [1.54, 1.807) is 0 Å². The lowest BCUT2D eigenvalue weighted by molar-refractivity contribution is 0.111. The maximum absolute atomic E-state index is 10.5. The number of hydrogen-bond acceptors (Lipinski definition) is 3. The Morgan fingerprint density at radius 1 is 1.29 bits per heavy atom. The Hall–Kier alpha value is -1.42. The van der Waals surface area contributed by atoms with Crippen LogP contribution < -0.4 is 0 Å². The highest BCUT2D eigenvalue weighted by atomic mass is 79.9. The predicted molar refractivity (Wildman–Crippen MR) is 55.0 cm³/mol. The fraction of sp³-hybridized carbons (Fsp3) is 0. The van der Waals surface area contributed by atoms with Crippen LogP contribution in [0.25, 0.3) is 11.3 Å². The van der Waals surface area contributed by atoms with Crippen LogP contribution >= 0.6 is 15.9 Å². The number of hydrogen-bond donors (Lipinski definition) is 0. The van der Waals surface area contributed by atoms with Crippen molar-refractivity contribution in [2.45, 2.75) is 0 Å². The highest BCUT2D eigenvalue weighted by Gasteiger charge is 2.13. The van der Waals surface area contributed by atoms with Crippen LogP contribution in [-0.2, 0) is 0 Å². The van der Waals surface area contributed by atoms with Gasteiger partial charge in [0.1, 0.15) is 0 Å². The molecule has 0 bridgehead atoms. The van der Waals surface area contributed by atoms with E-state index in [1.165, 1.54) is 0 Å². The molecule has 2 aromatic rings. The number of carbonyl (C=O) groups excluding carboxylic acids is 1. The van der Waals surface area contributed by atoms with Gasteiger partial charge in [-0.15, -0.1) is 0 Å². The molecule has 0 atom stereocenters. The highest BCUT2D eigenvalue weighted by molar-refractivity contribution is 9.10. The molecule has 0 amide bonds. The molecule has 0 N–H and O–H groups in total. The molecule has 14 heavy (non-hydrogen) atoms. The average molecular weight is 252 g/mol. The van der Waals surface area contributed by atoms with Crippen LogP contribution in [0, 0.1) is 0 Å². The van der Waals surface area contributed by atoms with Crippen molar-refractivity contribution in [3.05, 3.63) is 40.5 Å². The Morgan fingerprint density at radius 2 is 2.00 bits per heavy atom. The zero-order valence-electron chi connectivity index (χ0n) is 7.11. The lowest BCUT2D eigenvalue weighted by atomic mass is 10.2. The van der Waals surface area contributed by atoms with Gasteiger partial charge in [0.25, 0.3) is 0 Å². The third-order valence-corrected chi connectivity index (χ3v) is 2.57. The van der Waals surface area contributed by atoms with Crippen LogP contribution in [0.15, 0.2) is 39.3 Å². The molecule has 0 aliphatic carbocycles. The first-order valence-electron chi connectivity index (χ1n) is 3.98. The molecule has 0 saturated carbocycles. The summed E-state index contributed by atoms with van der Waals surface area (Å²) in [7, 11) is 0. The number of aldehydes is 1. The molecule has 0 fully saturated rings. The maximum atomic E-state index is 10.5. The van der Waals surface area contributed by atoms with Crippen LogP contribution in [0.3, 0.4) is 0 Å². The first-order chi connectivity index (χ1) is 6.83. The van der Waals surface area contributed by atoms with E-state index in [0.717, 1.165) is 5.56 Å². The van der Waals surface area contributed by atoms with Crippen molar-refractivity contribution in [2.24, 2.45) is 0 Å². The fourth-order valence-corrected chi connectivity index (χ4v) is 1.60. The number of carbonyl (C=O) groups is 1. The Kier molecular flexibility index (Phi) is 2.45. The van der Waals surface area contributed by atoms with Crippen LogP contribution in [0.5, 0.6) is 0 Å². The van der Waals surface area contributed by atoms with Crippen molar-refractivity contribution in [1.82, 2.24) is 5.16 Å². The van der Waals surface area contributed by atoms with Gasteiger partial charge in [-0.05, 0) is 15.9 Å². The Labute approximate surface area is 88.8 Å². The monoisotopic (exact) mass is 251 g/mol. The second-order valence-corrected chi connectivity index (χ2v) is 3.49. The standard InChI is InChI=1S/C10H6BrNO2/c11-9-8(6-13)12-14-10(9)7-4-2-1-3-5-7/h1-6H. The van der Waals surface area contributed by atoms with Crippen molar-refractivity contribution in [3.8, 4) is 11.3 Å². The van der Waals surface area contributed by atoms with E-state index in [9.17, 15) is 4.79 Å². The zero-order chi connectivity index (χ0) is 9.97. The summed E-state index contributed by atoms with van der Waals surface area (Å²) in [4.78, 5) is 10.5. The summed E-state index contributed by atoms with van der Waals surface area (Å²) >= 11 is 3.26. The molecular formula is C10H6BrNO2. The minimum atomic E-state index is 0.281. The van der Waals surface area contributed by atoms with Gasteiger partial charge in [0.2, 0.25) is 0 Å². The second kappa shape index (κ2) is 3.75. The molecule has 0 radical (unpaired) electrons. The van der Waals surface area contributed by atoms with Crippen molar-refractivity contribution in [3.63, 3.8) is 0 Å². The first kappa shape index (κ1) is 9.15. The SMILES string of the molecule is O=Cc1noc(-c2ccccc2)c1Br. The van der Waals surface area contributed by atoms with Gasteiger partial charge in [0, 0.05) is 5.56 Å². The Balaban J connectivity index is 2.53. The molecule has 1 aromatic heterocycles. The molecule has 70 valence electrons. The van der Waals surface area contributed by atoms with Gasteiger partial charge in [-0.2, -0.15) is 0 Å². The van der Waals surface area contributed by atoms with E-state index in [4.69, 9.17) is 4.52 Å². The number of nitrogens with zero attached hydrogens (tertiary/aromatic N) is 1. The topological polar surface area (TPSA) is 43.1 Å². The summed E-state index contributed by atoms with van der Waals surface area (Å²) in [5.74, 6) is 0.577. The van der Waals surface area contributed by atoms with E-state index in [-0.39, 0.29) is 5.69 Å². The largest absolute Gasteiger partial charge is 0.354 e. The van der Waals surface area contributed by atoms with Crippen molar-refractivity contribution < 1.29 is 9.32 Å². The molecule has 0 aliphatic rings. The Morgan fingerprint density at radius 3 is 2.57 bits per heavy atom. The Bertz CT molecular complexity index is 450. The van der Waals surface area contributed by atoms with Gasteiger partial charge in [-0.25, -0.2) is 0 Å². The predicted octanol–water partition coefficient (Wildman–Crippen LogP) is 2.92. The minimum absolute atomic E-state index is 0.281. The summed E-state index contributed by atoms with van der Waals surface area (Å²) < 4.78 is 5.64. The molecule has 0 saturated heterocycles. The zero-order valence-corrected chi connectivity index (χ0v) is 8.69. The third kappa shape index (κ3) is 1.48. The summed E-state index contributed by atoms with van der Waals surface area (Å²) in [5, 5.41) is 3.62. The molecule has 0 spiro atoms. The summed E-state index contributed by atoms with van der Waals surface area (Å²) in [6.07, 6.45) is 0.653. The van der Waals surface area contributed by atoms with Gasteiger partial charge in [-0.1, -0.05) is 35.5 Å². The number of benzene rings is 1. The molecule has 0 unspecified atom stereocenters. The van der Waals surface area contributed by atoms with E-state index in [1.807, 2.05) is 30.3 Å². The third-order valence-electron chi connectivity index (χ3n) is 1.81. The quantitative estimate of drug-likeness (QED) is 0.771. The van der Waals surface area contributed by atoms with E-state index in [2.05, 4.69) is 21.1 Å². The van der Waals surface area contributed by atoms with Gasteiger partial charge in [0.05, 0.1) is 4.47 Å². The van der Waals surface area contributed by atoms with Crippen LogP contribution in [0.1, 0.15) is 10.5 Å². The van der Waals surface area contributed by atoms with Crippen LogP contribution in [0.4, 0.5) is 0 Å². The van der Waals surface area contributed by atoms with E-state index >= 15 is 0 Å². The molecular weight excluding hydrogens is 246 g/mol. The van der Waals surface area contributed by atoms with Gasteiger partial charge in [-0.3, -0.25) is 4.79 Å². The summed E-state index contributed by atoms with van der Waals surface area (Å²) in [6.45, 7) is 0. The number of rotatable bonds is 2. The first-order valence-corrected chi connectivity index (χ1v) is 4.78. The van der Waals surface area contributed by atoms with Crippen molar-refractivity contribution in [1.29, 1.82) is 0 Å². The number of halogens is 1. The maximum Gasteiger partial charge on any atom is 0.181 e. The molecule has 0 aliphatic heterocycles. The van der Waals surface area contributed by atoms with E-state index < -0.39 is 0 Å². The summed E-state index contributed by atoms with van der Waals surface area (Å²) in [5.41, 5.74) is 1.17. The fourth-order valence-electron chi connectivity index (χ4n) is 1.13. The van der Waals surface area contributed by atoms with Gasteiger partial charge < -0.3 is 4.52 Å². The van der Waals surface area contributed by atoms with Gasteiger partial charge >= 0.3 is 0 Å². The molecule has 4 heteroatoms. The number of aromatic nitrogens is 1. The van der Waals surface area contributed by atoms with Crippen molar-refractivity contribution >= 4 is 22.2 Å². The minimum Gasteiger partial charge on any atom is -0.354 e. The second-order valence-electron chi connectivity index (χ2n) is 2.69. The lowest BCUT2D eigenvalue weighted by Crippen LogP contribution is -1.78. The normalized spacial score (nSPS) is 10.1. The smallest absolute Gasteiger partial charge is 0.181 e.